The third-order valence-corrected chi connectivity index (χ3v) is 3.13. The normalized spacial score (nSPS) is 10.1. The second kappa shape index (κ2) is 5.79. The quantitative estimate of drug-likeness (QED) is 0.477. The molecule has 5 nitrogen and oxygen atoms in total. The Labute approximate surface area is 121 Å². The number of halogens is 2. The van der Waals surface area contributed by atoms with Crippen LogP contribution in [-0.4, -0.2) is 11.2 Å². The van der Waals surface area contributed by atoms with Crippen molar-refractivity contribution in [2.45, 2.75) is 0 Å². The Kier molecular flexibility index (Phi) is 4.09. The van der Waals surface area contributed by atoms with Crippen LogP contribution in [0.3, 0.4) is 0 Å². The molecule has 0 saturated carbocycles. The largest absolute Gasteiger partial charge is 0.455 e. The highest BCUT2D eigenvalue weighted by atomic mass is 79.9. The van der Waals surface area contributed by atoms with E-state index in [0.717, 1.165) is 6.07 Å². The molecule has 0 aliphatic carbocycles. The molecular weight excluding hydrogens is 333 g/mol. The molecule has 2 aromatic rings. The molecule has 0 spiro atoms. The van der Waals surface area contributed by atoms with Gasteiger partial charge in [0, 0.05) is 6.07 Å². The number of carbonyl (C=O) groups is 1. The summed E-state index contributed by atoms with van der Waals surface area (Å²) in [6, 6.07) is 7.82. The second-order valence-corrected chi connectivity index (χ2v) is 4.60. The molecule has 0 aliphatic rings. The Morgan fingerprint density at radius 3 is 2.65 bits per heavy atom. The first kappa shape index (κ1) is 14.1. The van der Waals surface area contributed by atoms with Gasteiger partial charge in [-0.1, -0.05) is 6.07 Å². The molecule has 0 aromatic heterocycles. The molecule has 7 heteroatoms. The van der Waals surface area contributed by atoms with Crippen molar-refractivity contribution in [3.8, 4) is 11.5 Å². The number of benzene rings is 2. The fraction of sp³-hybridized carbons (Fsp3) is 0. The summed E-state index contributed by atoms with van der Waals surface area (Å²) >= 11 is 3.17. The number of rotatable bonds is 4. The van der Waals surface area contributed by atoms with Gasteiger partial charge < -0.3 is 4.74 Å². The van der Waals surface area contributed by atoms with Crippen LogP contribution in [0.1, 0.15) is 10.4 Å². The van der Waals surface area contributed by atoms with E-state index in [4.69, 9.17) is 4.74 Å². The van der Waals surface area contributed by atoms with E-state index in [1.54, 1.807) is 0 Å². The van der Waals surface area contributed by atoms with E-state index in [-0.39, 0.29) is 22.7 Å². The summed E-state index contributed by atoms with van der Waals surface area (Å²) < 4.78 is 19.3. The van der Waals surface area contributed by atoms with Crippen LogP contribution in [0.4, 0.5) is 10.1 Å². The van der Waals surface area contributed by atoms with E-state index in [9.17, 15) is 19.3 Å². The predicted octanol–water partition coefficient (Wildman–Crippen LogP) is 4.10. The summed E-state index contributed by atoms with van der Waals surface area (Å²) in [5.74, 6) is -0.617. The van der Waals surface area contributed by atoms with E-state index < -0.39 is 10.7 Å². The molecule has 0 amide bonds. The third-order valence-electron chi connectivity index (χ3n) is 2.48. The number of hydrogen-bond donors (Lipinski definition) is 0. The minimum absolute atomic E-state index is 0.0128. The van der Waals surface area contributed by atoms with Crippen molar-refractivity contribution in [2.24, 2.45) is 0 Å². The van der Waals surface area contributed by atoms with Crippen LogP contribution in [0.25, 0.3) is 0 Å². The summed E-state index contributed by atoms with van der Waals surface area (Å²) in [5.41, 5.74) is -0.418. The first-order valence-corrected chi connectivity index (χ1v) is 6.17. The van der Waals surface area contributed by atoms with Gasteiger partial charge >= 0.3 is 0 Å². The molecular formula is C13H7BrFNO4. The highest BCUT2D eigenvalue weighted by Crippen LogP contribution is 2.34. The van der Waals surface area contributed by atoms with Crippen molar-refractivity contribution in [1.29, 1.82) is 0 Å². The fourth-order valence-electron chi connectivity index (χ4n) is 1.52. The zero-order chi connectivity index (χ0) is 14.7. The molecule has 20 heavy (non-hydrogen) atoms. The lowest BCUT2D eigenvalue weighted by atomic mass is 10.2. The van der Waals surface area contributed by atoms with Gasteiger partial charge in [-0.05, 0) is 34.1 Å². The molecule has 2 rings (SSSR count). The maximum Gasteiger partial charge on any atom is 0.273 e. The Morgan fingerprint density at radius 2 is 2.00 bits per heavy atom. The summed E-state index contributed by atoms with van der Waals surface area (Å²) in [6.07, 6.45) is 0.329. The molecule has 0 bridgehead atoms. The molecule has 0 radical (unpaired) electrons. The Balaban J connectivity index is 2.44. The number of nitro groups is 1. The number of aldehydes is 1. The minimum atomic E-state index is -0.723. The summed E-state index contributed by atoms with van der Waals surface area (Å²) in [4.78, 5) is 21.0. The topological polar surface area (TPSA) is 69.4 Å². The van der Waals surface area contributed by atoms with Gasteiger partial charge in [-0.25, -0.2) is 4.39 Å². The minimum Gasteiger partial charge on any atom is -0.455 e. The van der Waals surface area contributed by atoms with Crippen LogP contribution >= 0.6 is 15.9 Å². The van der Waals surface area contributed by atoms with Gasteiger partial charge in [-0.2, -0.15) is 0 Å². The average Bonchev–Trinajstić information content (AvgIpc) is 2.41. The lowest BCUT2D eigenvalue weighted by molar-refractivity contribution is -0.384. The third kappa shape index (κ3) is 2.83. The fourth-order valence-corrected chi connectivity index (χ4v) is 1.85. The number of nitrogens with zero attached hydrogens (tertiary/aromatic N) is 1. The number of non-ortho nitro benzene ring substituents is 1. The lowest BCUT2D eigenvalue weighted by Crippen LogP contribution is -1.95. The number of nitro benzene ring substituents is 1. The molecule has 0 fully saturated rings. The van der Waals surface area contributed by atoms with Crippen molar-refractivity contribution in [3.05, 3.63) is 62.4 Å². The van der Waals surface area contributed by atoms with E-state index in [2.05, 4.69) is 15.9 Å². The Morgan fingerprint density at radius 1 is 1.25 bits per heavy atom. The second-order valence-electron chi connectivity index (χ2n) is 3.74. The van der Waals surface area contributed by atoms with E-state index in [1.807, 2.05) is 0 Å². The van der Waals surface area contributed by atoms with Crippen LogP contribution in [0, 0.1) is 15.9 Å². The van der Waals surface area contributed by atoms with Crippen molar-refractivity contribution >= 4 is 27.9 Å². The van der Waals surface area contributed by atoms with Crippen LogP contribution in [0.5, 0.6) is 11.5 Å². The Hall–Kier alpha value is -2.28. The van der Waals surface area contributed by atoms with E-state index in [1.165, 1.54) is 30.3 Å². The number of hydrogen-bond acceptors (Lipinski definition) is 4. The van der Waals surface area contributed by atoms with Gasteiger partial charge in [0.15, 0.2) is 6.29 Å². The highest BCUT2D eigenvalue weighted by molar-refractivity contribution is 9.10. The molecule has 0 saturated heterocycles. The maximum atomic E-state index is 13.4. The maximum absolute atomic E-state index is 13.4. The summed E-state index contributed by atoms with van der Waals surface area (Å²) in [7, 11) is 0. The van der Waals surface area contributed by atoms with Crippen molar-refractivity contribution in [2.75, 3.05) is 0 Å². The highest BCUT2D eigenvalue weighted by Gasteiger charge is 2.14. The number of carbonyl (C=O) groups excluding carboxylic acids is 1. The van der Waals surface area contributed by atoms with Crippen molar-refractivity contribution < 1.29 is 18.8 Å². The van der Waals surface area contributed by atoms with E-state index in [0.29, 0.717) is 10.8 Å². The van der Waals surface area contributed by atoms with Gasteiger partial charge in [0.05, 0.1) is 21.0 Å². The van der Waals surface area contributed by atoms with Crippen LogP contribution in [0.2, 0.25) is 0 Å². The zero-order valence-corrected chi connectivity index (χ0v) is 11.5. The first-order valence-electron chi connectivity index (χ1n) is 5.38. The van der Waals surface area contributed by atoms with Gasteiger partial charge in [0.25, 0.3) is 5.69 Å². The average molecular weight is 340 g/mol. The smallest absolute Gasteiger partial charge is 0.273 e. The number of ether oxygens (including phenoxy) is 1. The molecule has 0 unspecified atom stereocenters. The van der Waals surface area contributed by atoms with Gasteiger partial charge in [0.2, 0.25) is 0 Å². The monoisotopic (exact) mass is 339 g/mol. The van der Waals surface area contributed by atoms with E-state index >= 15 is 0 Å². The van der Waals surface area contributed by atoms with Gasteiger partial charge in [0.1, 0.15) is 17.3 Å². The van der Waals surface area contributed by atoms with Gasteiger partial charge in [-0.3, -0.25) is 14.9 Å². The summed E-state index contributed by atoms with van der Waals surface area (Å²) in [6.45, 7) is 0. The van der Waals surface area contributed by atoms with Crippen molar-refractivity contribution in [1.82, 2.24) is 0 Å². The lowest BCUT2D eigenvalue weighted by Gasteiger charge is -2.09. The molecule has 2 aromatic carbocycles. The standard InChI is InChI=1S/C13H7BrFNO4/c14-10-5-4-8(16(18)19)6-13(10)20-12-3-1-2-11(15)9(12)7-17/h1-7H. The van der Waals surface area contributed by atoms with Crippen molar-refractivity contribution in [3.63, 3.8) is 0 Å². The predicted molar refractivity (Wildman–Crippen MR) is 72.7 cm³/mol. The molecule has 0 atom stereocenters. The zero-order valence-electron chi connectivity index (χ0n) is 9.88. The summed E-state index contributed by atoms with van der Waals surface area (Å²) in [5, 5.41) is 10.7. The molecule has 0 N–H and O–H groups in total. The molecule has 0 heterocycles. The first-order chi connectivity index (χ1) is 9.52. The van der Waals surface area contributed by atoms with Crippen LogP contribution in [-0.2, 0) is 0 Å². The molecule has 0 aliphatic heterocycles. The van der Waals surface area contributed by atoms with Crippen LogP contribution < -0.4 is 4.74 Å². The van der Waals surface area contributed by atoms with Crippen LogP contribution in [0.15, 0.2) is 40.9 Å². The SMILES string of the molecule is O=Cc1c(F)cccc1Oc1cc([N+](=O)[O-])ccc1Br. The van der Waals surface area contributed by atoms with Gasteiger partial charge in [-0.15, -0.1) is 0 Å². The molecule has 102 valence electrons. The Bertz CT molecular complexity index is 690.